The summed E-state index contributed by atoms with van der Waals surface area (Å²) < 4.78 is 1.77. The third-order valence-corrected chi connectivity index (χ3v) is 5.22. The van der Waals surface area contributed by atoms with Crippen LogP contribution in [0.1, 0.15) is 24.0 Å². The van der Waals surface area contributed by atoms with Gasteiger partial charge in [0.15, 0.2) is 0 Å². The van der Waals surface area contributed by atoms with Gasteiger partial charge in [0.25, 0.3) is 0 Å². The van der Waals surface area contributed by atoms with Gasteiger partial charge in [-0.2, -0.15) is 5.10 Å². The third kappa shape index (κ3) is 4.92. The largest absolute Gasteiger partial charge is 0.353 e. The Bertz CT molecular complexity index is 765. The van der Waals surface area contributed by atoms with Gasteiger partial charge in [0.1, 0.15) is 0 Å². The first-order valence-electron chi connectivity index (χ1n) is 8.37. The van der Waals surface area contributed by atoms with Gasteiger partial charge in [0.2, 0.25) is 5.91 Å². The normalized spacial score (nSPS) is 20.5. The molecule has 2 heterocycles. The topological polar surface area (TPSA) is 59.0 Å². The number of halogens is 3. The van der Waals surface area contributed by atoms with E-state index < -0.39 is 0 Å². The Hall–Kier alpha value is -1.27. The molecular weight excluding hydrogens is 395 g/mol. The summed E-state index contributed by atoms with van der Waals surface area (Å²) in [7, 11) is 1.89. The number of carbonyl (C=O) groups excluding carboxylic acids is 1. The van der Waals surface area contributed by atoms with Crippen molar-refractivity contribution in [3.05, 3.63) is 51.8 Å². The fourth-order valence-electron chi connectivity index (χ4n) is 3.35. The molecule has 5 nitrogen and oxygen atoms in total. The van der Waals surface area contributed by atoms with E-state index in [1.165, 1.54) is 0 Å². The van der Waals surface area contributed by atoms with E-state index in [0.717, 1.165) is 17.7 Å². The smallest absolute Gasteiger partial charge is 0.225 e. The standard InChI is InChI=1S/C18H22Cl2N4O.ClH/c1-11(5-12-3-4-14(19)6-17(12)20)23-18(25)16-9-21-8-15(16)13-7-22-24(2)10-13;/h3-4,6-7,10-11,15-16,21H,5,8-9H2,1-2H3,(H,23,25);1H/t11?,15-,16+;/m1./s1. The van der Waals surface area contributed by atoms with Crippen LogP contribution in [-0.4, -0.2) is 34.8 Å². The summed E-state index contributed by atoms with van der Waals surface area (Å²) >= 11 is 12.2. The molecule has 1 saturated heterocycles. The molecule has 0 aliphatic carbocycles. The van der Waals surface area contributed by atoms with Gasteiger partial charge < -0.3 is 10.6 Å². The first-order valence-corrected chi connectivity index (χ1v) is 9.13. The fraction of sp³-hybridized carbons (Fsp3) is 0.444. The van der Waals surface area contributed by atoms with Crippen molar-refractivity contribution in [1.82, 2.24) is 20.4 Å². The molecule has 1 aromatic carbocycles. The molecule has 1 aliphatic rings. The zero-order valence-electron chi connectivity index (χ0n) is 14.7. The van der Waals surface area contributed by atoms with Crippen LogP contribution in [0.4, 0.5) is 0 Å². The van der Waals surface area contributed by atoms with Crippen molar-refractivity contribution in [3.63, 3.8) is 0 Å². The molecule has 3 atom stereocenters. The van der Waals surface area contributed by atoms with Crippen LogP contribution in [0, 0.1) is 5.92 Å². The lowest BCUT2D eigenvalue weighted by atomic mass is 9.90. The van der Waals surface area contributed by atoms with Crippen molar-refractivity contribution in [2.45, 2.75) is 25.3 Å². The van der Waals surface area contributed by atoms with Gasteiger partial charge in [-0.05, 0) is 36.6 Å². The molecule has 2 aromatic rings. The van der Waals surface area contributed by atoms with Gasteiger partial charge in [0.05, 0.1) is 12.1 Å². The predicted molar refractivity (Wildman–Crippen MR) is 107 cm³/mol. The number of hydrogen-bond donors (Lipinski definition) is 2. The third-order valence-electron chi connectivity index (χ3n) is 4.63. The molecule has 26 heavy (non-hydrogen) atoms. The average Bonchev–Trinajstić information content (AvgIpc) is 3.18. The SMILES string of the molecule is CC(Cc1ccc(Cl)cc1Cl)NC(=O)[C@H]1CNC[C@@H]1c1cnn(C)c1.Cl. The molecular formula is C18H23Cl3N4O. The number of hydrogen-bond acceptors (Lipinski definition) is 3. The lowest BCUT2D eigenvalue weighted by Gasteiger charge is -2.21. The van der Waals surface area contributed by atoms with E-state index >= 15 is 0 Å². The first kappa shape index (κ1) is 21.0. The number of aromatic nitrogens is 2. The maximum Gasteiger partial charge on any atom is 0.225 e. The van der Waals surface area contributed by atoms with Crippen LogP contribution < -0.4 is 10.6 Å². The molecule has 0 spiro atoms. The molecule has 1 aromatic heterocycles. The monoisotopic (exact) mass is 416 g/mol. The summed E-state index contributed by atoms with van der Waals surface area (Å²) in [5.74, 6) is 0.129. The highest BCUT2D eigenvalue weighted by Crippen LogP contribution is 2.28. The lowest BCUT2D eigenvalue weighted by molar-refractivity contribution is -0.125. The summed E-state index contributed by atoms with van der Waals surface area (Å²) in [6.45, 7) is 3.46. The number of nitrogens with zero attached hydrogens (tertiary/aromatic N) is 2. The molecule has 3 rings (SSSR count). The summed E-state index contributed by atoms with van der Waals surface area (Å²) in [5, 5.41) is 11.9. The number of amides is 1. The van der Waals surface area contributed by atoms with Gasteiger partial charge in [-0.3, -0.25) is 9.48 Å². The average molecular weight is 418 g/mol. The molecule has 1 aliphatic heterocycles. The first-order chi connectivity index (χ1) is 11.9. The van der Waals surface area contributed by atoms with Crippen molar-refractivity contribution in [2.75, 3.05) is 13.1 Å². The number of benzene rings is 1. The van der Waals surface area contributed by atoms with Crippen LogP contribution in [0.5, 0.6) is 0 Å². The minimum Gasteiger partial charge on any atom is -0.353 e. The zero-order chi connectivity index (χ0) is 18.0. The summed E-state index contributed by atoms with van der Waals surface area (Å²) in [5.41, 5.74) is 2.08. The number of rotatable bonds is 5. The van der Waals surface area contributed by atoms with Crippen LogP contribution >= 0.6 is 35.6 Å². The predicted octanol–water partition coefficient (Wildman–Crippen LogP) is 3.20. The fourth-order valence-corrected chi connectivity index (χ4v) is 3.84. The zero-order valence-corrected chi connectivity index (χ0v) is 17.0. The Balaban J connectivity index is 0.00000243. The van der Waals surface area contributed by atoms with Crippen LogP contribution in [0.15, 0.2) is 30.6 Å². The van der Waals surface area contributed by atoms with E-state index in [4.69, 9.17) is 23.2 Å². The van der Waals surface area contributed by atoms with Gasteiger partial charge in [-0.25, -0.2) is 0 Å². The highest BCUT2D eigenvalue weighted by Gasteiger charge is 2.35. The van der Waals surface area contributed by atoms with Crippen molar-refractivity contribution in [2.24, 2.45) is 13.0 Å². The maximum absolute atomic E-state index is 12.7. The van der Waals surface area contributed by atoms with Gasteiger partial charge in [0, 0.05) is 48.3 Å². The second-order valence-electron chi connectivity index (χ2n) is 6.67. The highest BCUT2D eigenvalue weighted by atomic mass is 35.5. The Morgan fingerprint density at radius 2 is 2.19 bits per heavy atom. The van der Waals surface area contributed by atoms with Crippen molar-refractivity contribution in [1.29, 1.82) is 0 Å². The van der Waals surface area contributed by atoms with Crippen molar-refractivity contribution >= 4 is 41.5 Å². The van der Waals surface area contributed by atoms with E-state index in [9.17, 15) is 4.79 Å². The van der Waals surface area contributed by atoms with Gasteiger partial charge in [-0.1, -0.05) is 29.3 Å². The number of aryl methyl sites for hydroxylation is 1. The van der Waals surface area contributed by atoms with E-state index in [-0.39, 0.29) is 36.2 Å². The quantitative estimate of drug-likeness (QED) is 0.785. The van der Waals surface area contributed by atoms with Crippen LogP contribution in [0.25, 0.3) is 0 Å². The number of carbonyl (C=O) groups is 1. The maximum atomic E-state index is 12.7. The summed E-state index contributed by atoms with van der Waals surface area (Å²) in [6.07, 6.45) is 4.49. The Morgan fingerprint density at radius 3 is 2.85 bits per heavy atom. The molecule has 142 valence electrons. The summed E-state index contributed by atoms with van der Waals surface area (Å²) in [4.78, 5) is 12.7. The van der Waals surface area contributed by atoms with E-state index in [1.807, 2.05) is 38.5 Å². The van der Waals surface area contributed by atoms with Crippen molar-refractivity contribution in [3.8, 4) is 0 Å². The highest BCUT2D eigenvalue weighted by molar-refractivity contribution is 6.35. The molecule has 1 fully saturated rings. The minimum absolute atomic E-state index is 0. The van der Waals surface area contributed by atoms with Gasteiger partial charge in [-0.15, -0.1) is 12.4 Å². The summed E-state index contributed by atoms with van der Waals surface area (Å²) in [6, 6.07) is 5.44. The van der Waals surface area contributed by atoms with Gasteiger partial charge >= 0.3 is 0 Å². The lowest BCUT2D eigenvalue weighted by Crippen LogP contribution is -2.40. The molecule has 2 N–H and O–H groups in total. The minimum atomic E-state index is -0.0904. The Morgan fingerprint density at radius 1 is 1.42 bits per heavy atom. The van der Waals surface area contributed by atoms with Crippen LogP contribution in [-0.2, 0) is 18.3 Å². The second-order valence-corrected chi connectivity index (χ2v) is 7.51. The van der Waals surface area contributed by atoms with E-state index in [0.29, 0.717) is 23.0 Å². The van der Waals surface area contributed by atoms with E-state index in [2.05, 4.69) is 15.7 Å². The molecule has 0 saturated carbocycles. The molecule has 0 bridgehead atoms. The van der Waals surface area contributed by atoms with E-state index in [1.54, 1.807) is 10.7 Å². The molecule has 8 heteroatoms. The Labute approximate surface area is 169 Å². The van der Waals surface area contributed by atoms with Crippen LogP contribution in [0.2, 0.25) is 10.0 Å². The Kier molecular flexibility index (Phi) is 7.35. The molecule has 0 radical (unpaired) electrons. The second kappa shape index (κ2) is 9.09. The van der Waals surface area contributed by atoms with Crippen LogP contribution in [0.3, 0.4) is 0 Å². The molecule has 1 amide bonds. The molecule has 1 unspecified atom stereocenters. The van der Waals surface area contributed by atoms with Crippen molar-refractivity contribution < 1.29 is 4.79 Å². The number of nitrogens with one attached hydrogen (secondary N) is 2.